The van der Waals surface area contributed by atoms with Crippen LogP contribution >= 0.6 is 0 Å². The first-order valence-electron chi connectivity index (χ1n) is 6.19. The van der Waals surface area contributed by atoms with Crippen LogP contribution in [0.3, 0.4) is 0 Å². The van der Waals surface area contributed by atoms with Gasteiger partial charge in [-0.1, -0.05) is 12.5 Å². The van der Waals surface area contributed by atoms with Crippen LogP contribution in [0.25, 0.3) is 0 Å². The molecule has 0 saturated heterocycles. The van der Waals surface area contributed by atoms with Crippen LogP contribution in [0.4, 0.5) is 5.69 Å². The lowest BCUT2D eigenvalue weighted by Crippen LogP contribution is -2.34. The van der Waals surface area contributed by atoms with E-state index in [9.17, 15) is 4.79 Å². The molecular formula is C14H17N3O. The molecule has 3 N–H and O–H groups in total. The molecule has 94 valence electrons. The first-order chi connectivity index (χ1) is 8.61. The summed E-state index contributed by atoms with van der Waals surface area (Å²) in [6.07, 6.45) is 2.77. The Kier molecular flexibility index (Phi) is 3.63. The van der Waals surface area contributed by atoms with E-state index in [-0.39, 0.29) is 17.9 Å². The molecule has 1 fully saturated rings. The summed E-state index contributed by atoms with van der Waals surface area (Å²) in [6, 6.07) is 7.31. The number of hydrogen-bond donors (Lipinski definition) is 2. The fourth-order valence-electron chi connectivity index (χ4n) is 2.37. The fourth-order valence-corrected chi connectivity index (χ4v) is 2.37. The van der Waals surface area contributed by atoms with Crippen molar-refractivity contribution in [1.82, 2.24) is 0 Å². The highest BCUT2D eigenvalue weighted by Gasteiger charge is 2.30. The zero-order valence-electron chi connectivity index (χ0n) is 10.4. The standard InChI is InChI=1S/C14H17N3O/c1-9-5-6-10(8-15)7-13(9)17-14(18)11-3-2-4-12(11)16/h5-7,11-12H,2-4,16H2,1H3,(H,17,18). The summed E-state index contributed by atoms with van der Waals surface area (Å²) < 4.78 is 0. The molecule has 0 heterocycles. The first kappa shape index (κ1) is 12.6. The normalized spacial score (nSPS) is 22.5. The van der Waals surface area contributed by atoms with E-state index < -0.39 is 0 Å². The van der Waals surface area contributed by atoms with Crippen molar-refractivity contribution in [2.75, 3.05) is 5.32 Å². The number of rotatable bonds is 2. The Morgan fingerprint density at radius 3 is 2.89 bits per heavy atom. The number of benzene rings is 1. The molecule has 1 aromatic rings. The van der Waals surface area contributed by atoms with E-state index in [4.69, 9.17) is 11.0 Å². The predicted molar refractivity (Wildman–Crippen MR) is 69.8 cm³/mol. The van der Waals surface area contributed by atoms with Crippen molar-refractivity contribution in [1.29, 1.82) is 5.26 Å². The van der Waals surface area contributed by atoms with E-state index >= 15 is 0 Å². The summed E-state index contributed by atoms with van der Waals surface area (Å²) >= 11 is 0. The van der Waals surface area contributed by atoms with Crippen LogP contribution in [0.1, 0.15) is 30.4 Å². The molecule has 0 aliphatic heterocycles. The van der Waals surface area contributed by atoms with E-state index in [0.717, 1.165) is 24.8 Å². The van der Waals surface area contributed by atoms with Gasteiger partial charge in [0.15, 0.2) is 0 Å². The third kappa shape index (κ3) is 2.52. The third-order valence-electron chi connectivity index (χ3n) is 3.53. The number of anilines is 1. The van der Waals surface area contributed by atoms with Crippen LogP contribution < -0.4 is 11.1 Å². The molecule has 18 heavy (non-hydrogen) atoms. The molecule has 0 radical (unpaired) electrons. The monoisotopic (exact) mass is 243 g/mol. The van der Waals surface area contributed by atoms with E-state index in [1.807, 2.05) is 13.0 Å². The Balaban J connectivity index is 2.14. The minimum Gasteiger partial charge on any atom is -0.327 e. The molecule has 2 unspecified atom stereocenters. The maximum absolute atomic E-state index is 12.1. The Morgan fingerprint density at radius 2 is 2.28 bits per heavy atom. The summed E-state index contributed by atoms with van der Waals surface area (Å²) in [5, 5.41) is 11.7. The SMILES string of the molecule is Cc1ccc(C#N)cc1NC(=O)C1CCCC1N. The third-order valence-corrected chi connectivity index (χ3v) is 3.53. The molecule has 0 bridgehead atoms. The maximum atomic E-state index is 12.1. The average molecular weight is 243 g/mol. The maximum Gasteiger partial charge on any atom is 0.229 e. The van der Waals surface area contributed by atoms with Crippen LogP contribution in [0.5, 0.6) is 0 Å². The summed E-state index contributed by atoms with van der Waals surface area (Å²) in [7, 11) is 0. The van der Waals surface area contributed by atoms with Crippen LogP contribution in [0, 0.1) is 24.2 Å². The number of hydrogen-bond acceptors (Lipinski definition) is 3. The van der Waals surface area contributed by atoms with Gasteiger partial charge in [-0.3, -0.25) is 4.79 Å². The smallest absolute Gasteiger partial charge is 0.229 e. The van der Waals surface area contributed by atoms with E-state index in [0.29, 0.717) is 11.3 Å². The van der Waals surface area contributed by atoms with Gasteiger partial charge in [0.25, 0.3) is 0 Å². The molecule has 4 nitrogen and oxygen atoms in total. The van der Waals surface area contributed by atoms with Crippen LogP contribution in [-0.2, 0) is 4.79 Å². The van der Waals surface area contributed by atoms with Gasteiger partial charge in [-0.05, 0) is 37.5 Å². The summed E-state index contributed by atoms with van der Waals surface area (Å²) in [4.78, 5) is 12.1. The Hall–Kier alpha value is -1.86. The van der Waals surface area contributed by atoms with Crippen molar-refractivity contribution in [2.45, 2.75) is 32.2 Å². The summed E-state index contributed by atoms with van der Waals surface area (Å²) in [6.45, 7) is 1.91. The number of aryl methyl sites for hydroxylation is 1. The van der Waals surface area contributed by atoms with Crippen molar-refractivity contribution in [2.24, 2.45) is 11.7 Å². The average Bonchev–Trinajstić information content (AvgIpc) is 2.78. The number of nitriles is 1. The highest BCUT2D eigenvalue weighted by Crippen LogP contribution is 2.26. The minimum atomic E-state index is -0.102. The van der Waals surface area contributed by atoms with Crippen molar-refractivity contribution in [3.8, 4) is 6.07 Å². The predicted octanol–water partition coefficient (Wildman–Crippen LogP) is 1.93. The quantitative estimate of drug-likeness (QED) is 0.833. The summed E-state index contributed by atoms with van der Waals surface area (Å²) in [5.74, 6) is -0.131. The van der Waals surface area contributed by atoms with Gasteiger partial charge in [-0.25, -0.2) is 0 Å². The second kappa shape index (κ2) is 5.19. The molecular weight excluding hydrogens is 226 g/mol. The Morgan fingerprint density at radius 1 is 1.50 bits per heavy atom. The number of nitrogens with two attached hydrogens (primary N) is 1. The molecule has 1 aromatic carbocycles. The fraction of sp³-hybridized carbons (Fsp3) is 0.429. The van der Waals surface area contributed by atoms with Crippen molar-refractivity contribution in [3.05, 3.63) is 29.3 Å². The molecule has 4 heteroatoms. The van der Waals surface area contributed by atoms with Crippen molar-refractivity contribution in [3.63, 3.8) is 0 Å². The molecule has 0 aromatic heterocycles. The summed E-state index contributed by atoms with van der Waals surface area (Å²) in [5.41, 5.74) is 8.12. The molecule has 2 rings (SSSR count). The number of carbonyl (C=O) groups is 1. The lowest BCUT2D eigenvalue weighted by molar-refractivity contribution is -0.120. The highest BCUT2D eigenvalue weighted by molar-refractivity contribution is 5.94. The molecule has 2 atom stereocenters. The van der Waals surface area contributed by atoms with Gasteiger partial charge in [0.1, 0.15) is 0 Å². The van der Waals surface area contributed by atoms with E-state index in [2.05, 4.69) is 11.4 Å². The largest absolute Gasteiger partial charge is 0.327 e. The van der Waals surface area contributed by atoms with Gasteiger partial charge in [0.2, 0.25) is 5.91 Å². The Bertz CT molecular complexity index is 504. The second-order valence-electron chi connectivity index (χ2n) is 4.83. The van der Waals surface area contributed by atoms with Gasteiger partial charge in [0, 0.05) is 11.7 Å². The highest BCUT2D eigenvalue weighted by atomic mass is 16.1. The molecule has 1 amide bonds. The molecule has 1 aliphatic rings. The molecule has 1 aliphatic carbocycles. The minimum absolute atomic E-state index is 0.0295. The van der Waals surface area contributed by atoms with Gasteiger partial charge in [0.05, 0.1) is 17.6 Å². The number of amides is 1. The van der Waals surface area contributed by atoms with Crippen LogP contribution in [-0.4, -0.2) is 11.9 Å². The first-order valence-corrected chi connectivity index (χ1v) is 6.19. The topological polar surface area (TPSA) is 78.9 Å². The number of carbonyl (C=O) groups excluding carboxylic acids is 1. The molecule has 0 spiro atoms. The molecule has 1 saturated carbocycles. The van der Waals surface area contributed by atoms with Crippen molar-refractivity contribution < 1.29 is 4.79 Å². The van der Waals surface area contributed by atoms with E-state index in [1.54, 1.807) is 12.1 Å². The lowest BCUT2D eigenvalue weighted by atomic mass is 10.0. The Labute approximate surface area is 107 Å². The second-order valence-corrected chi connectivity index (χ2v) is 4.83. The van der Waals surface area contributed by atoms with Crippen molar-refractivity contribution >= 4 is 11.6 Å². The van der Waals surface area contributed by atoms with Gasteiger partial charge in [-0.15, -0.1) is 0 Å². The zero-order chi connectivity index (χ0) is 13.1. The number of nitrogens with one attached hydrogen (secondary N) is 1. The van der Waals surface area contributed by atoms with Gasteiger partial charge >= 0.3 is 0 Å². The van der Waals surface area contributed by atoms with Crippen LogP contribution in [0.15, 0.2) is 18.2 Å². The lowest BCUT2D eigenvalue weighted by Gasteiger charge is -2.16. The number of nitrogens with zero attached hydrogens (tertiary/aromatic N) is 1. The zero-order valence-corrected chi connectivity index (χ0v) is 10.4. The van der Waals surface area contributed by atoms with Crippen LogP contribution in [0.2, 0.25) is 0 Å². The van der Waals surface area contributed by atoms with E-state index in [1.165, 1.54) is 0 Å². The van der Waals surface area contributed by atoms with Gasteiger partial charge < -0.3 is 11.1 Å². The van der Waals surface area contributed by atoms with Gasteiger partial charge in [-0.2, -0.15) is 5.26 Å².